The minimum Gasteiger partial charge on any atom is -0.369 e. The fraction of sp³-hybridized carbons (Fsp3) is 0.400. The van der Waals surface area contributed by atoms with E-state index >= 15 is 0 Å². The zero-order chi connectivity index (χ0) is 11.6. The van der Waals surface area contributed by atoms with Gasteiger partial charge in [0.1, 0.15) is 0 Å². The van der Waals surface area contributed by atoms with Gasteiger partial charge in [0.05, 0.1) is 5.75 Å². The van der Waals surface area contributed by atoms with E-state index in [4.69, 9.17) is 11.6 Å². The summed E-state index contributed by atoms with van der Waals surface area (Å²) >= 11 is 5.80. The number of nitrogens with zero attached hydrogens (tertiary/aromatic N) is 1. The molecule has 0 atom stereocenters. The fourth-order valence-electron chi connectivity index (χ4n) is 1.66. The van der Waals surface area contributed by atoms with Crippen molar-refractivity contribution in [3.05, 3.63) is 29.3 Å². The molecule has 1 aromatic rings. The maximum absolute atomic E-state index is 11.3. The number of anilines is 1. The number of sulfonamides is 1. The van der Waals surface area contributed by atoms with Crippen LogP contribution in [-0.4, -0.2) is 33.8 Å². The van der Waals surface area contributed by atoms with Crippen LogP contribution in [0.15, 0.2) is 24.3 Å². The number of hydrogen-bond donors (Lipinski definition) is 1. The van der Waals surface area contributed by atoms with Crippen LogP contribution < -0.4 is 9.62 Å². The van der Waals surface area contributed by atoms with Gasteiger partial charge in [0, 0.05) is 30.3 Å². The highest BCUT2D eigenvalue weighted by atomic mass is 35.5. The van der Waals surface area contributed by atoms with Crippen molar-refractivity contribution < 1.29 is 8.42 Å². The molecule has 0 aromatic heterocycles. The van der Waals surface area contributed by atoms with Crippen LogP contribution in [0.2, 0.25) is 5.02 Å². The van der Waals surface area contributed by atoms with Gasteiger partial charge in [0.15, 0.2) is 0 Å². The van der Waals surface area contributed by atoms with Gasteiger partial charge in [-0.3, -0.25) is 0 Å². The quantitative estimate of drug-likeness (QED) is 0.822. The Balaban J connectivity index is 2.13. The van der Waals surface area contributed by atoms with Crippen molar-refractivity contribution in [2.75, 3.05) is 30.3 Å². The zero-order valence-corrected chi connectivity index (χ0v) is 10.3. The summed E-state index contributed by atoms with van der Waals surface area (Å²) in [5, 5.41) is 0.685. The summed E-state index contributed by atoms with van der Waals surface area (Å²) in [6.45, 7) is 1.64. The number of hydrogen-bond acceptors (Lipinski definition) is 3. The first-order chi connectivity index (χ1) is 7.57. The molecule has 0 bridgehead atoms. The Hall–Kier alpha value is -0.780. The standard InChI is InChI=1S/C10H13ClN2O2S/c11-9-1-3-10(4-2-9)13-6-5-12-16(14,15)8-7-13/h1-4,12H,5-8H2. The summed E-state index contributed by atoms with van der Waals surface area (Å²) < 4.78 is 25.2. The first-order valence-corrected chi connectivity index (χ1v) is 7.08. The predicted octanol–water partition coefficient (Wildman–Crippen LogP) is 1.08. The van der Waals surface area contributed by atoms with Crippen LogP contribution in [-0.2, 0) is 10.0 Å². The Morgan fingerprint density at radius 3 is 2.56 bits per heavy atom. The van der Waals surface area contributed by atoms with E-state index in [1.54, 1.807) is 0 Å². The Bertz CT molecular complexity index is 458. The number of nitrogens with one attached hydrogen (secondary N) is 1. The van der Waals surface area contributed by atoms with Crippen molar-refractivity contribution in [2.24, 2.45) is 0 Å². The molecule has 1 saturated heterocycles. The molecule has 1 heterocycles. The molecular weight excluding hydrogens is 248 g/mol. The average Bonchev–Trinajstić information content (AvgIpc) is 2.41. The number of rotatable bonds is 1. The lowest BCUT2D eigenvalue weighted by Gasteiger charge is -2.21. The van der Waals surface area contributed by atoms with Crippen LogP contribution in [0.5, 0.6) is 0 Å². The van der Waals surface area contributed by atoms with Crippen LogP contribution >= 0.6 is 11.6 Å². The molecule has 0 radical (unpaired) electrons. The topological polar surface area (TPSA) is 49.4 Å². The first-order valence-electron chi connectivity index (χ1n) is 5.05. The van der Waals surface area contributed by atoms with Crippen LogP contribution in [0, 0.1) is 0 Å². The molecule has 2 rings (SSSR count). The lowest BCUT2D eigenvalue weighted by molar-refractivity contribution is 0.586. The molecular formula is C10H13ClN2O2S. The Labute approximate surface area is 100 Å². The molecule has 1 N–H and O–H groups in total. The molecule has 16 heavy (non-hydrogen) atoms. The van der Waals surface area contributed by atoms with Crippen LogP contribution in [0.3, 0.4) is 0 Å². The van der Waals surface area contributed by atoms with Gasteiger partial charge in [-0.15, -0.1) is 0 Å². The Morgan fingerprint density at radius 2 is 1.88 bits per heavy atom. The second kappa shape index (κ2) is 4.61. The van der Waals surface area contributed by atoms with Gasteiger partial charge in [0.25, 0.3) is 0 Å². The lowest BCUT2D eigenvalue weighted by Crippen LogP contribution is -2.28. The van der Waals surface area contributed by atoms with Gasteiger partial charge in [-0.05, 0) is 24.3 Å². The molecule has 1 aromatic carbocycles. The van der Waals surface area contributed by atoms with E-state index in [0.717, 1.165) is 5.69 Å². The third-order valence-corrected chi connectivity index (χ3v) is 4.14. The summed E-state index contributed by atoms with van der Waals surface area (Å²) in [5.41, 5.74) is 1.00. The van der Waals surface area contributed by atoms with Gasteiger partial charge in [-0.1, -0.05) is 11.6 Å². The highest BCUT2D eigenvalue weighted by molar-refractivity contribution is 7.89. The molecule has 1 aliphatic heterocycles. The molecule has 6 heteroatoms. The second-order valence-corrected chi connectivity index (χ2v) is 6.04. The minimum atomic E-state index is -3.09. The van der Waals surface area contributed by atoms with Crippen molar-refractivity contribution in [1.29, 1.82) is 0 Å². The van der Waals surface area contributed by atoms with E-state index in [2.05, 4.69) is 4.72 Å². The molecule has 0 aliphatic carbocycles. The molecule has 88 valence electrons. The van der Waals surface area contributed by atoms with Gasteiger partial charge >= 0.3 is 0 Å². The molecule has 4 nitrogen and oxygen atoms in total. The molecule has 0 unspecified atom stereocenters. The van der Waals surface area contributed by atoms with Crippen LogP contribution in [0.4, 0.5) is 5.69 Å². The summed E-state index contributed by atoms with van der Waals surface area (Å²) in [6.07, 6.45) is 0. The first kappa shape index (κ1) is 11.7. The minimum absolute atomic E-state index is 0.135. The van der Waals surface area contributed by atoms with Gasteiger partial charge in [-0.2, -0.15) is 0 Å². The third kappa shape index (κ3) is 2.87. The number of halogens is 1. The Morgan fingerprint density at radius 1 is 1.19 bits per heavy atom. The SMILES string of the molecule is O=S1(=O)CCN(c2ccc(Cl)cc2)CCN1. The van der Waals surface area contributed by atoms with Gasteiger partial charge in [0.2, 0.25) is 10.0 Å². The highest BCUT2D eigenvalue weighted by Gasteiger charge is 2.18. The largest absolute Gasteiger partial charge is 0.369 e. The summed E-state index contributed by atoms with van der Waals surface area (Å²) in [4.78, 5) is 2.04. The zero-order valence-electron chi connectivity index (χ0n) is 8.69. The van der Waals surface area contributed by atoms with E-state index in [-0.39, 0.29) is 5.75 Å². The fourth-order valence-corrected chi connectivity index (χ4v) is 2.79. The van der Waals surface area contributed by atoms with Gasteiger partial charge in [-0.25, -0.2) is 13.1 Å². The number of benzene rings is 1. The summed E-state index contributed by atoms with van der Waals surface area (Å²) in [7, 11) is -3.09. The van der Waals surface area contributed by atoms with E-state index < -0.39 is 10.0 Å². The van der Waals surface area contributed by atoms with E-state index in [0.29, 0.717) is 24.7 Å². The molecule has 1 aliphatic rings. The predicted molar refractivity (Wildman–Crippen MR) is 65.5 cm³/mol. The smallest absolute Gasteiger partial charge is 0.213 e. The van der Waals surface area contributed by atoms with Crippen molar-refractivity contribution in [3.63, 3.8) is 0 Å². The molecule has 0 spiro atoms. The molecule has 1 fully saturated rings. The van der Waals surface area contributed by atoms with Crippen LogP contribution in [0.1, 0.15) is 0 Å². The Kier molecular flexibility index (Phi) is 3.37. The van der Waals surface area contributed by atoms with Crippen molar-refractivity contribution in [3.8, 4) is 0 Å². The highest BCUT2D eigenvalue weighted by Crippen LogP contribution is 2.18. The maximum atomic E-state index is 11.3. The molecule has 0 amide bonds. The van der Waals surface area contributed by atoms with Crippen molar-refractivity contribution in [2.45, 2.75) is 0 Å². The lowest BCUT2D eigenvalue weighted by atomic mass is 10.3. The second-order valence-electron chi connectivity index (χ2n) is 3.68. The van der Waals surface area contributed by atoms with E-state index in [9.17, 15) is 8.42 Å². The van der Waals surface area contributed by atoms with Crippen molar-refractivity contribution >= 4 is 27.3 Å². The average molecular weight is 261 g/mol. The molecule has 0 saturated carbocycles. The van der Waals surface area contributed by atoms with Crippen LogP contribution in [0.25, 0.3) is 0 Å². The van der Waals surface area contributed by atoms with Gasteiger partial charge < -0.3 is 4.90 Å². The summed E-state index contributed by atoms with van der Waals surface area (Å²) in [5.74, 6) is 0.135. The third-order valence-electron chi connectivity index (χ3n) is 2.53. The monoisotopic (exact) mass is 260 g/mol. The maximum Gasteiger partial charge on any atom is 0.213 e. The normalized spacial score (nSPS) is 20.4. The van der Waals surface area contributed by atoms with Crippen molar-refractivity contribution in [1.82, 2.24) is 4.72 Å². The summed E-state index contributed by atoms with van der Waals surface area (Å²) in [6, 6.07) is 7.42. The van der Waals surface area contributed by atoms with E-state index in [1.807, 2.05) is 29.2 Å². The van der Waals surface area contributed by atoms with E-state index in [1.165, 1.54) is 0 Å².